The minimum absolute atomic E-state index is 0.206. The van der Waals surface area contributed by atoms with Gasteiger partial charge in [-0.2, -0.15) is 0 Å². The van der Waals surface area contributed by atoms with Crippen molar-refractivity contribution in [1.29, 1.82) is 0 Å². The van der Waals surface area contributed by atoms with E-state index in [4.69, 9.17) is 31.6 Å². The molecule has 0 bridgehead atoms. The summed E-state index contributed by atoms with van der Waals surface area (Å²) in [6.07, 6.45) is 0. The van der Waals surface area contributed by atoms with Gasteiger partial charge in [0.05, 0.1) is 37.6 Å². The highest BCUT2D eigenvalue weighted by Gasteiger charge is 2.24. The highest BCUT2D eigenvalue weighted by molar-refractivity contribution is 6.34. The van der Waals surface area contributed by atoms with Crippen LogP contribution in [0.5, 0.6) is 11.5 Å². The number of nitrogens with two attached hydrogens (primary N) is 1. The van der Waals surface area contributed by atoms with Crippen molar-refractivity contribution in [2.24, 2.45) is 0 Å². The zero-order valence-electron chi connectivity index (χ0n) is 10.6. The van der Waals surface area contributed by atoms with Gasteiger partial charge in [-0.15, -0.1) is 0 Å². The number of benzene rings is 1. The van der Waals surface area contributed by atoms with Crippen LogP contribution >= 0.6 is 11.6 Å². The number of hydrogen-bond donors (Lipinski definition) is 1. The number of rotatable bonds is 4. The van der Waals surface area contributed by atoms with Crippen molar-refractivity contribution in [2.75, 3.05) is 34.1 Å². The average molecular weight is 275 g/mol. The lowest BCUT2D eigenvalue weighted by Gasteiger charge is -2.18. The van der Waals surface area contributed by atoms with Crippen molar-refractivity contribution in [2.45, 2.75) is 0 Å². The molecule has 7 heteroatoms. The maximum absolute atomic E-state index is 12.1. The minimum atomic E-state index is -0.422. The Hall–Kier alpha value is -1.66. The first kappa shape index (κ1) is 14.4. The van der Waals surface area contributed by atoms with Crippen molar-refractivity contribution in [1.82, 2.24) is 5.06 Å². The van der Waals surface area contributed by atoms with Crippen molar-refractivity contribution in [3.63, 3.8) is 0 Å². The highest BCUT2D eigenvalue weighted by atomic mass is 35.5. The van der Waals surface area contributed by atoms with Crippen LogP contribution in [-0.2, 0) is 4.84 Å². The van der Waals surface area contributed by atoms with E-state index in [1.807, 2.05) is 0 Å². The number of nitrogens with zero attached hydrogens (tertiary/aromatic N) is 1. The summed E-state index contributed by atoms with van der Waals surface area (Å²) >= 11 is 5.95. The van der Waals surface area contributed by atoms with Crippen molar-refractivity contribution in [3.05, 3.63) is 16.7 Å². The molecule has 1 aromatic rings. The number of carbonyl (C=O) groups is 1. The molecule has 1 rings (SSSR count). The Labute approximate surface area is 110 Å². The third kappa shape index (κ3) is 2.44. The Morgan fingerprint density at radius 3 is 2.28 bits per heavy atom. The molecule has 0 aliphatic heterocycles. The van der Waals surface area contributed by atoms with E-state index in [9.17, 15) is 4.79 Å². The smallest absolute Gasteiger partial charge is 0.281 e. The van der Waals surface area contributed by atoms with E-state index in [0.29, 0.717) is 0 Å². The van der Waals surface area contributed by atoms with Gasteiger partial charge >= 0.3 is 0 Å². The zero-order chi connectivity index (χ0) is 13.9. The number of halogens is 1. The van der Waals surface area contributed by atoms with Crippen LogP contribution in [0.3, 0.4) is 0 Å². The summed E-state index contributed by atoms with van der Waals surface area (Å²) < 4.78 is 10.3. The quantitative estimate of drug-likeness (QED) is 0.666. The fourth-order valence-corrected chi connectivity index (χ4v) is 1.63. The molecule has 1 amide bonds. The van der Waals surface area contributed by atoms with Crippen LogP contribution in [0.4, 0.5) is 5.69 Å². The van der Waals surface area contributed by atoms with E-state index in [1.54, 1.807) is 0 Å². The first-order valence-electron chi connectivity index (χ1n) is 5.00. The number of hydroxylamine groups is 2. The monoisotopic (exact) mass is 274 g/mol. The molecule has 0 saturated carbocycles. The Morgan fingerprint density at radius 2 is 1.83 bits per heavy atom. The number of amides is 1. The van der Waals surface area contributed by atoms with Gasteiger partial charge in [0.1, 0.15) is 0 Å². The summed E-state index contributed by atoms with van der Waals surface area (Å²) in [5, 5.41) is 1.25. The summed E-state index contributed by atoms with van der Waals surface area (Å²) in [7, 11) is 5.67. The molecule has 0 heterocycles. The summed E-state index contributed by atoms with van der Waals surface area (Å²) in [6, 6.07) is 1.41. The fourth-order valence-electron chi connectivity index (χ4n) is 1.44. The molecular weight excluding hydrogens is 260 g/mol. The van der Waals surface area contributed by atoms with Crippen LogP contribution in [0.1, 0.15) is 10.4 Å². The largest absolute Gasteiger partial charge is 0.492 e. The van der Waals surface area contributed by atoms with Crippen LogP contribution in [0, 0.1) is 0 Å². The van der Waals surface area contributed by atoms with E-state index in [1.165, 1.54) is 34.4 Å². The average Bonchev–Trinajstić information content (AvgIpc) is 2.39. The molecule has 0 aromatic heterocycles. The number of carbonyl (C=O) groups excluding carboxylic acids is 1. The van der Waals surface area contributed by atoms with Crippen molar-refractivity contribution < 1.29 is 19.1 Å². The second kappa shape index (κ2) is 5.79. The summed E-state index contributed by atoms with van der Waals surface area (Å²) in [5.41, 5.74) is 6.18. The summed E-state index contributed by atoms with van der Waals surface area (Å²) in [4.78, 5) is 16.9. The molecule has 100 valence electrons. The van der Waals surface area contributed by atoms with Crippen LogP contribution in [0.2, 0.25) is 5.02 Å². The number of anilines is 1. The van der Waals surface area contributed by atoms with Crippen LogP contribution in [0.25, 0.3) is 0 Å². The fraction of sp³-hybridized carbons (Fsp3) is 0.364. The van der Waals surface area contributed by atoms with Gasteiger partial charge in [-0.25, -0.2) is 5.06 Å². The van der Waals surface area contributed by atoms with Gasteiger partial charge in [0.2, 0.25) is 0 Å². The Kier molecular flexibility index (Phi) is 4.63. The van der Waals surface area contributed by atoms with Gasteiger partial charge in [-0.3, -0.25) is 9.63 Å². The molecule has 0 atom stereocenters. The van der Waals surface area contributed by atoms with Crippen LogP contribution < -0.4 is 15.2 Å². The molecule has 0 saturated heterocycles. The maximum atomic E-state index is 12.1. The lowest BCUT2D eigenvalue weighted by Crippen LogP contribution is -2.26. The Morgan fingerprint density at radius 1 is 1.28 bits per heavy atom. The van der Waals surface area contributed by atoms with Gasteiger partial charge < -0.3 is 15.2 Å². The minimum Gasteiger partial charge on any atom is -0.492 e. The number of methoxy groups -OCH3 is 2. The molecule has 0 aliphatic carbocycles. The first-order valence-corrected chi connectivity index (χ1v) is 5.37. The molecule has 2 N–H and O–H groups in total. The van der Waals surface area contributed by atoms with E-state index in [-0.39, 0.29) is 27.8 Å². The normalized spacial score (nSPS) is 10.1. The van der Waals surface area contributed by atoms with Gasteiger partial charge in [0, 0.05) is 7.05 Å². The van der Waals surface area contributed by atoms with Crippen molar-refractivity contribution >= 4 is 23.2 Å². The van der Waals surface area contributed by atoms with E-state index < -0.39 is 5.91 Å². The van der Waals surface area contributed by atoms with E-state index >= 15 is 0 Å². The molecule has 0 unspecified atom stereocenters. The van der Waals surface area contributed by atoms with Crippen molar-refractivity contribution in [3.8, 4) is 11.5 Å². The third-order valence-electron chi connectivity index (χ3n) is 2.42. The van der Waals surface area contributed by atoms with Crippen LogP contribution in [0.15, 0.2) is 6.07 Å². The molecule has 0 spiro atoms. The topological polar surface area (TPSA) is 74.0 Å². The van der Waals surface area contributed by atoms with Crippen LogP contribution in [-0.4, -0.2) is 39.3 Å². The predicted octanol–water partition coefficient (Wildman–Crippen LogP) is 1.57. The summed E-state index contributed by atoms with van der Waals surface area (Å²) in [6.45, 7) is 0. The lowest BCUT2D eigenvalue weighted by atomic mass is 10.1. The first-order chi connectivity index (χ1) is 8.47. The lowest BCUT2D eigenvalue weighted by molar-refractivity contribution is -0.0758. The van der Waals surface area contributed by atoms with Gasteiger partial charge in [-0.1, -0.05) is 11.6 Å². The second-order valence-electron chi connectivity index (χ2n) is 3.37. The SMILES string of the molecule is COc1c(C(=O)N(C)OC)cc(Cl)c(N)c1OC. The molecular formula is C11H15ClN2O4. The second-order valence-corrected chi connectivity index (χ2v) is 3.78. The van der Waals surface area contributed by atoms with E-state index in [0.717, 1.165) is 5.06 Å². The Bertz CT molecular complexity index is 465. The number of hydrogen-bond acceptors (Lipinski definition) is 5. The molecule has 1 aromatic carbocycles. The summed E-state index contributed by atoms with van der Waals surface area (Å²) in [5.74, 6) is 0.0145. The molecule has 0 fully saturated rings. The van der Waals surface area contributed by atoms with E-state index in [2.05, 4.69) is 0 Å². The van der Waals surface area contributed by atoms with Gasteiger partial charge in [-0.05, 0) is 6.07 Å². The number of ether oxygens (including phenoxy) is 2. The zero-order valence-corrected chi connectivity index (χ0v) is 11.4. The van der Waals surface area contributed by atoms with Gasteiger partial charge in [0.25, 0.3) is 5.91 Å². The molecule has 18 heavy (non-hydrogen) atoms. The predicted molar refractivity (Wildman–Crippen MR) is 68.1 cm³/mol. The highest BCUT2D eigenvalue weighted by Crippen LogP contribution is 2.41. The molecule has 0 radical (unpaired) electrons. The standard InChI is InChI=1S/C11H15ClN2O4/c1-14(18-4)11(15)6-5-7(12)8(13)10(17-3)9(6)16-2/h5H,13H2,1-4H3. The maximum Gasteiger partial charge on any atom is 0.281 e. The Balaban J connectivity index is 3.44. The molecule has 6 nitrogen and oxygen atoms in total. The molecule has 0 aliphatic rings. The number of nitrogen functional groups attached to an aromatic ring is 1. The third-order valence-corrected chi connectivity index (χ3v) is 2.74. The van der Waals surface area contributed by atoms with Gasteiger partial charge in [0.15, 0.2) is 11.5 Å².